The van der Waals surface area contributed by atoms with Gasteiger partial charge in [0, 0.05) is 18.0 Å². The Morgan fingerprint density at radius 1 is 1.33 bits per heavy atom. The number of hydrazine groups is 2. The van der Waals surface area contributed by atoms with Crippen molar-refractivity contribution in [2.45, 2.75) is 64.1 Å². The van der Waals surface area contributed by atoms with Gasteiger partial charge in [-0.05, 0) is 52.5 Å². The first-order valence-corrected chi connectivity index (χ1v) is 7.49. The summed E-state index contributed by atoms with van der Waals surface area (Å²) in [5.41, 5.74) is 2.24. The summed E-state index contributed by atoms with van der Waals surface area (Å²) in [4.78, 5) is 18.0. The zero-order chi connectivity index (χ0) is 15.5. The average molecular weight is 296 g/mol. The minimum Gasteiger partial charge on any atom is -0.270 e. The van der Waals surface area contributed by atoms with Gasteiger partial charge >= 0.3 is 0 Å². The lowest BCUT2D eigenvalue weighted by atomic mass is 9.93. The monoisotopic (exact) mass is 296 g/mol. The maximum atomic E-state index is 11.9. The van der Waals surface area contributed by atoms with Crippen molar-refractivity contribution < 1.29 is 9.82 Å². The lowest BCUT2D eigenvalue weighted by Gasteiger charge is -2.28. The summed E-state index contributed by atoms with van der Waals surface area (Å²) in [6.07, 6.45) is 7.75. The van der Waals surface area contributed by atoms with Crippen LogP contribution in [0.4, 0.5) is 0 Å². The third kappa shape index (κ3) is 4.17. The molecule has 118 valence electrons. The van der Waals surface area contributed by atoms with E-state index in [1.807, 2.05) is 43.9 Å². The van der Waals surface area contributed by atoms with Crippen LogP contribution in [-0.4, -0.2) is 38.5 Å². The molecule has 1 heterocycles. The van der Waals surface area contributed by atoms with Crippen LogP contribution < -0.4 is 5.59 Å². The van der Waals surface area contributed by atoms with Crippen LogP contribution in [0, 0.1) is 4.91 Å². The Labute approximate surface area is 125 Å². The third-order valence-corrected chi connectivity index (χ3v) is 4.08. The predicted octanol–water partition coefficient (Wildman–Crippen LogP) is 2.23. The fourth-order valence-electron chi connectivity index (χ4n) is 2.38. The number of nitrogens with zero attached hydrogens (tertiary/aromatic N) is 4. The number of hydrogen-bond acceptors (Lipinski definition) is 3. The Kier molecular flexibility index (Phi) is 4.82. The summed E-state index contributed by atoms with van der Waals surface area (Å²) >= 11 is 0. The second-order valence-electron chi connectivity index (χ2n) is 6.59. The van der Waals surface area contributed by atoms with Crippen molar-refractivity contribution in [2.75, 3.05) is 7.05 Å². The van der Waals surface area contributed by atoms with Gasteiger partial charge in [-0.25, -0.2) is 4.84 Å². The first-order chi connectivity index (χ1) is 9.88. The highest BCUT2D eigenvalue weighted by Gasteiger charge is 2.31. The quantitative estimate of drug-likeness (QED) is 0.667. The van der Waals surface area contributed by atoms with Gasteiger partial charge in [-0.15, -0.1) is 5.01 Å². The van der Waals surface area contributed by atoms with E-state index in [0.29, 0.717) is 11.0 Å². The van der Waals surface area contributed by atoms with Crippen LogP contribution in [0.15, 0.2) is 18.5 Å². The summed E-state index contributed by atoms with van der Waals surface area (Å²) in [6.45, 7) is 5.90. The number of rotatable bonds is 5. The molecular weight excluding hydrogens is 270 g/mol. The predicted molar refractivity (Wildman–Crippen MR) is 78.9 cm³/mol. The molecule has 7 nitrogen and oxygen atoms in total. The van der Waals surface area contributed by atoms with Crippen LogP contribution in [0.1, 0.15) is 52.5 Å². The molecule has 1 aliphatic carbocycles. The van der Waals surface area contributed by atoms with Gasteiger partial charge in [0.05, 0.1) is 29.6 Å². The summed E-state index contributed by atoms with van der Waals surface area (Å²) in [5, 5.41) is 5.84. The van der Waals surface area contributed by atoms with Crippen LogP contribution >= 0.6 is 0 Å². The molecule has 2 rings (SSSR count). The van der Waals surface area contributed by atoms with E-state index in [-0.39, 0.29) is 11.6 Å². The molecule has 0 radical (unpaired) electrons. The fourth-order valence-corrected chi connectivity index (χ4v) is 2.38. The van der Waals surface area contributed by atoms with E-state index in [4.69, 9.17) is 4.84 Å². The largest absolute Gasteiger partial charge is 0.274 e. The van der Waals surface area contributed by atoms with Crippen molar-refractivity contribution in [3.05, 3.63) is 23.4 Å². The minimum absolute atomic E-state index is 0.0710. The Bertz CT molecular complexity index is 446. The van der Waals surface area contributed by atoms with Gasteiger partial charge in [0.2, 0.25) is 0 Å². The van der Waals surface area contributed by atoms with E-state index in [0.717, 1.165) is 25.7 Å². The fraction of sp³-hybridized carbons (Fsp3) is 0.786. The van der Waals surface area contributed by atoms with Crippen molar-refractivity contribution in [3.8, 4) is 0 Å². The van der Waals surface area contributed by atoms with Crippen LogP contribution in [0.25, 0.3) is 0 Å². The highest BCUT2D eigenvalue weighted by atomic mass is 16.7. The van der Waals surface area contributed by atoms with E-state index in [9.17, 15) is 4.91 Å². The number of hydrogen-bond donors (Lipinski definition) is 1. The van der Waals surface area contributed by atoms with Crippen molar-refractivity contribution in [1.82, 2.24) is 20.4 Å². The lowest BCUT2D eigenvalue weighted by molar-refractivity contribution is -0.797. The molecule has 21 heavy (non-hydrogen) atoms. The molecule has 0 saturated heterocycles. The average Bonchev–Trinajstić information content (AvgIpc) is 2.97. The van der Waals surface area contributed by atoms with Crippen LogP contribution in [0.5, 0.6) is 0 Å². The maximum Gasteiger partial charge on any atom is 0.274 e. The van der Waals surface area contributed by atoms with E-state index < -0.39 is 0 Å². The van der Waals surface area contributed by atoms with Crippen LogP contribution in [0.3, 0.4) is 0 Å². The Morgan fingerprint density at radius 3 is 2.52 bits per heavy atom. The van der Waals surface area contributed by atoms with Gasteiger partial charge in [-0.1, -0.05) is 0 Å². The van der Waals surface area contributed by atoms with Crippen molar-refractivity contribution in [3.63, 3.8) is 0 Å². The summed E-state index contributed by atoms with van der Waals surface area (Å²) in [5.74, 6) is 0. The highest BCUT2D eigenvalue weighted by molar-refractivity contribution is 4.84. The van der Waals surface area contributed by atoms with Gasteiger partial charge in [0.1, 0.15) is 0 Å². The zero-order valence-corrected chi connectivity index (χ0v) is 13.3. The van der Waals surface area contributed by atoms with Gasteiger partial charge in [0.15, 0.2) is 0 Å². The van der Waals surface area contributed by atoms with E-state index >= 15 is 0 Å². The van der Waals surface area contributed by atoms with E-state index in [1.165, 1.54) is 0 Å². The molecule has 1 saturated carbocycles. The van der Waals surface area contributed by atoms with E-state index in [2.05, 4.69) is 10.7 Å². The number of aromatic nitrogens is 2. The van der Waals surface area contributed by atoms with Gasteiger partial charge in [0.25, 0.3) is 4.98 Å². The Balaban J connectivity index is 1.73. The molecule has 1 N–H and O–H groups in total. The molecule has 0 unspecified atom stereocenters. The number of nitroso groups, excluding NO2 is 1. The molecule has 0 aliphatic heterocycles. The molecule has 7 heteroatoms. The summed E-state index contributed by atoms with van der Waals surface area (Å²) in [6, 6.07) is 2.39. The smallest absolute Gasteiger partial charge is 0.270 e. The first kappa shape index (κ1) is 15.8. The van der Waals surface area contributed by atoms with Crippen molar-refractivity contribution >= 4 is 0 Å². The standard InChI is InChI=1S/C14H26N5O2/c1-14(2,3)17(4)19(20)16-21-13-8-6-12(7-9-13)18-11-5-10-15-18/h5,10-13H,6-9H2,1-4H3,(H,16,20)/q+1. The SMILES string of the molecule is CN([N+](=O)NOC1CCC(n2cccn2)CC1)C(C)(C)C. The molecular formula is C14H26N5O2+. The van der Waals surface area contributed by atoms with Crippen LogP contribution in [-0.2, 0) is 4.84 Å². The van der Waals surface area contributed by atoms with Crippen molar-refractivity contribution in [2.24, 2.45) is 0 Å². The molecule has 0 atom stereocenters. The molecule has 1 aromatic heterocycles. The summed E-state index contributed by atoms with van der Waals surface area (Å²) in [7, 11) is 1.73. The molecule has 0 bridgehead atoms. The second-order valence-corrected chi connectivity index (χ2v) is 6.59. The van der Waals surface area contributed by atoms with Gasteiger partial charge < -0.3 is 0 Å². The zero-order valence-electron chi connectivity index (χ0n) is 13.3. The molecule has 1 aliphatic rings. The topological polar surface area (TPSA) is 62.4 Å². The Morgan fingerprint density at radius 2 is 2.00 bits per heavy atom. The van der Waals surface area contributed by atoms with Gasteiger partial charge in [-0.2, -0.15) is 5.10 Å². The second kappa shape index (κ2) is 6.43. The molecule has 0 aromatic carbocycles. The normalized spacial score (nSPS) is 22.9. The maximum absolute atomic E-state index is 11.9. The molecule has 1 fully saturated rings. The highest BCUT2D eigenvalue weighted by Crippen LogP contribution is 2.28. The van der Waals surface area contributed by atoms with Crippen LogP contribution in [0.2, 0.25) is 0 Å². The molecule has 1 aromatic rings. The van der Waals surface area contributed by atoms with Gasteiger partial charge in [-0.3, -0.25) is 4.68 Å². The van der Waals surface area contributed by atoms with E-state index in [1.54, 1.807) is 12.1 Å². The Hall–Kier alpha value is -1.63. The lowest BCUT2D eigenvalue weighted by Crippen LogP contribution is -2.50. The number of nitrogens with one attached hydrogen (secondary N) is 1. The molecule has 0 spiro atoms. The van der Waals surface area contributed by atoms with Crippen molar-refractivity contribution in [1.29, 1.82) is 0 Å². The minimum atomic E-state index is -0.254. The molecule has 0 amide bonds. The summed E-state index contributed by atoms with van der Waals surface area (Å²) < 4.78 is 2.01. The first-order valence-electron chi connectivity index (χ1n) is 7.49. The third-order valence-electron chi connectivity index (χ3n) is 4.08.